The first kappa shape index (κ1) is 28.0. The first-order valence-corrected chi connectivity index (χ1v) is 16.2. The van der Waals surface area contributed by atoms with Gasteiger partial charge in [-0.05, 0) is 49.0 Å². The molecule has 5 heteroatoms. The zero-order valence-electron chi connectivity index (χ0n) is 22.6. The van der Waals surface area contributed by atoms with E-state index in [0.29, 0.717) is 12.2 Å². The zero-order chi connectivity index (χ0) is 26.1. The van der Waals surface area contributed by atoms with Crippen molar-refractivity contribution in [3.8, 4) is 0 Å². The predicted molar refractivity (Wildman–Crippen MR) is 151 cm³/mol. The van der Waals surface area contributed by atoms with Crippen LogP contribution in [0, 0.1) is 5.41 Å². The Kier molecular flexibility index (Phi) is 8.37. The lowest BCUT2D eigenvalue weighted by Gasteiger charge is -2.56. The first-order valence-electron chi connectivity index (χ1n) is 12.5. The summed E-state index contributed by atoms with van der Waals surface area (Å²) in [7, 11) is -2.25. The van der Waals surface area contributed by atoms with E-state index in [4.69, 9.17) is 9.16 Å². The molecule has 0 heterocycles. The van der Waals surface area contributed by atoms with Crippen LogP contribution in [-0.2, 0) is 15.8 Å². The lowest BCUT2D eigenvalue weighted by molar-refractivity contribution is -0.186. The summed E-state index contributed by atoms with van der Waals surface area (Å²) in [5, 5.41) is 0.00376. The minimum Gasteiger partial charge on any atom is -0.407 e. The lowest BCUT2D eigenvalue weighted by Crippen LogP contribution is -2.57. The van der Waals surface area contributed by atoms with Gasteiger partial charge in [-0.15, -0.1) is 0 Å². The number of carbonyl (C=O) groups is 1. The van der Waals surface area contributed by atoms with Crippen molar-refractivity contribution in [1.29, 1.82) is 0 Å². The summed E-state index contributed by atoms with van der Waals surface area (Å²) < 4.78 is 15.5. The number of rotatable bonds is 8. The van der Waals surface area contributed by atoms with E-state index in [1.807, 2.05) is 42.5 Å². The third kappa shape index (κ3) is 5.43. The molecule has 0 bridgehead atoms. The molecule has 0 spiro atoms. The molecule has 1 aliphatic carbocycles. The molecule has 0 saturated carbocycles. The van der Waals surface area contributed by atoms with Crippen molar-refractivity contribution < 1.29 is 14.0 Å². The molecule has 0 radical (unpaired) electrons. The second kappa shape index (κ2) is 10.4. The largest absolute Gasteiger partial charge is 0.407 e. The van der Waals surface area contributed by atoms with Gasteiger partial charge in [0.1, 0.15) is 18.0 Å². The average Bonchev–Trinajstić information content (AvgIpc) is 2.81. The number of aldehydes is 1. The number of ether oxygens (including phenoxy) is 1. The van der Waals surface area contributed by atoms with Gasteiger partial charge in [-0.2, -0.15) is 0 Å². The van der Waals surface area contributed by atoms with Gasteiger partial charge in [0.25, 0.3) is 0 Å². The molecule has 3 rings (SSSR count). The number of benzene rings is 2. The Morgan fingerprint density at radius 3 is 2.26 bits per heavy atom. The van der Waals surface area contributed by atoms with E-state index in [2.05, 4.69) is 82.7 Å². The van der Waals surface area contributed by atoms with Crippen molar-refractivity contribution >= 4 is 30.5 Å². The van der Waals surface area contributed by atoms with Gasteiger partial charge in [0.05, 0.1) is 6.61 Å². The molecule has 0 aromatic heterocycles. The standard InChI is InChI=1S/C30H41BrO3Si/c1-22-18-19-30(29(5,6)26(22)31,33-21-23-14-10-9-11-15-23)27(34-35(7,8)28(2,3)4)25-17-13-12-16-24(25)20-32/h9-17,20,27H,18-19,21H2,1-8H3/t27-,30+/m0/s1. The van der Waals surface area contributed by atoms with E-state index < -0.39 is 20.0 Å². The fraction of sp³-hybridized carbons (Fsp3) is 0.500. The molecule has 0 N–H and O–H groups in total. The van der Waals surface area contributed by atoms with Crippen molar-refractivity contribution in [2.24, 2.45) is 5.41 Å². The minimum atomic E-state index is -2.25. The zero-order valence-corrected chi connectivity index (χ0v) is 25.2. The Balaban J connectivity index is 2.26. The Morgan fingerprint density at radius 1 is 1.06 bits per heavy atom. The van der Waals surface area contributed by atoms with Gasteiger partial charge in [-0.25, -0.2) is 0 Å². The molecule has 2 aromatic rings. The molecule has 1 aliphatic rings. The van der Waals surface area contributed by atoms with Gasteiger partial charge in [-0.1, -0.05) is 111 Å². The fourth-order valence-electron chi connectivity index (χ4n) is 4.83. The van der Waals surface area contributed by atoms with Crippen molar-refractivity contribution in [3.05, 3.63) is 81.3 Å². The van der Waals surface area contributed by atoms with E-state index in [1.165, 1.54) is 5.57 Å². The van der Waals surface area contributed by atoms with Crippen molar-refractivity contribution in [3.63, 3.8) is 0 Å². The molecular weight excluding hydrogens is 516 g/mol. The first-order chi connectivity index (χ1) is 16.3. The van der Waals surface area contributed by atoms with Crippen molar-refractivity contribution in [2.45, 2.75) is 90.8 Å². The van der Waals surface area contributed by atoms with Gasteiger partial charge in [0.15, 0.2) is 8.32 Å². The number of hydrogen-bond acceptors (Lipinski definition) is 3. The Bertz CT molecular complexity index is 1070. The minimum absolute atomic E-state index is 0.00376. The molecule has 190 valence electrons. The molecule has 0 amide bonds. The second-order valence-corrected chi connectivity index (χ2v) is 17.4. The molecule has 3 nitrogen and oxygen atoms in total. The van der Waals surface area contributed by atoms with E-state index >= 15 is 0 Å². The van der Waals surface area contributed by atoms with E-state index in [9.17, 15) is 4.79 Å². The molecule has 0 saturated heterocycles. The van der Waals surface area contributed by atoms with Crippen LogP contribution in [0.1, 0.15) is 82.0 Å². The van der Waals surface area contributed by atoms with Crippen LogP contribution in [0.15, 0.2) is 64.7 Å². The van der Waals surface area contributed by atoms with E-state index in [0.717, 1.165) is 34.7 Å². The highest BCUT2D eigenvalue weighted by Gasteiger charge is 2.58. The molecule has 0 fully saturated rings. The van der Waals surface area contributed by atoms with Gasteiger partial charge >= 0.3 is 0 Å². The molecule has 2 atom stereocenters. The maximum Gasteiger partial charge on any atom is 0.193 e. The predicted octanol–water partition coefficient (Wildman–Crippen LogP) is 9.01. The number of hydrogen-bond donors (Lipinski definition) is 0. The Labute approximate surface area is 221 Å². The topological polar surface area (TPSA) is 35.5 Å². The lowest BCUT2D eigenvalue weighted by atomic mass is 9.63. The third-order valence-corrected chi connectivity index (χ3v) is 14.3. The Morgan fingerprint density at radius 2 is 1.66 bits per heavy atom. The molecule has 0 aliphatic heterocycles. The molecule has 2 aromatic carbocycles. The maximum atomic E-state index is 12.2. The van der Waals surface area contributed by atoms with Gasteiger partial charge in [-0.3, -0.25) is 4.79 Å². The molecule has 0 unspecified atom stereocenters. The van der Waals surface area contributed by atoms with Gasteiger partial charge in [0, 0.05) is 15.5 Å². The van der Waals surface area contributed by atoms with Crippen LogP contribution in [0.3, 0.4) is 0 Å². The highest BCUT2D eigenvalue weighted by atomic mass is 79.9. The molecule has 35 heavy (non-hydrogen) atoms. The van der Waals surface area contributed by atoms with Crippen LogP contribution in [0.2, 0.25) is 18.1 Å². The summed E-state index contributed by atoms with van der Waals surface area (Å²) >= 11 is 3.96. The van der Waals surface area contributed by atoms with Crippen LogP contribution in [0.5, 0.6) is 0 Å². The summed E-state index contributed by atoms with van der Waals surface area (Å²) in [6, 6.07) is 18.2. The number of halogens is 1. The summed E-state index contributed by atoms with van der Waals surface area (Å²) in [5.74, 6) is 0. The van der Waals surface area contributed by atoms with Gasteiger partial charge in [0.2, 0.25) is 0 Å². The number of allylic oxidation sites excluding steroid dienone is 1. The van der Waals surface area contributed by atoms with Crippen LogP contribution in [-0.4, -0.2) is 20.2 Å². The van der Waals surface area contributed by atoms with Crippen molar-refractivity contribution in [2.75, 3.05) is 0 Å². The summed E-state index contributed by atoms with van der Waals surface area (Å²) in [4.78, 5) is 12.2. The van der Waals surface area contributed by atoms with Crippen LogP contribution >= 0.6 is 15.9 Å². The van der Waals surface area contributed by atoms with Crippen LogP contribution in [0.25, 0.3) is 0 Å². The average molecular weight is 558 g/mol. The third-order valence-electron chi connectivity index (χ3n) is 8.24. The summed E-state index contributed by atoms with van der Waals surface area (Å²) in [6.45, 7) is 18.5. The highest BCUT2D eigenvalue weighted by Crippen LogP contribution is 2.59. The summed E-state index contributed by atoms with van der Waals surface area (Å²) in [5.41, 5.74) is 2.97. The summed E-state index contributed by atoms with van der Waals surface area (Å²) in [6.07, 6.45) is 2.26. The monoisotopic (exact) mass is 556 g/mol. The maximum absolute atomic E-state index is 12.2. The van der Waals surface area contributed by atoms with E-state index in [-0.39, 0.29) is 10.5 Å². The van der Waals surface area contributed by atoms with Crippen molar-refractivity contribution in [1.82, 2.24) is 0 Å². The highest BCUT2D eigenvalue weighted by molar-refractivity contribution is 9.11. The quantitative estimate of drug-likeness (QED) is 0.240. The molecular formula is C30H41BrO3Si. The second-order valence-electron chi connectivity index (χ2n) is 11.9. The number of carbonyl (C=O) groups excluding carboxylic acids is 1. The normalized spacial score (nSPS) is 21.6. The fourth-order valence-corrected chi connectivity index (χ4v) is 6.62. The van der Waals surface area contributed by atoms with Crippen LogP contribution in [0.4, 0.5) is 0 Å². The van der Waals surface area contributed by atoms with E-state index in [1.54, 1.807) is 0 Å². The van der Waals surface area contributed by atoms with Crippen LogP contribution < -0.4 is 0 Å². The smallest absolute Gasteiger partial charge is 0.193 e. The SMILES string of the molecule is CC1=C(Br)C(C)(C)[C@](OCc2ccccc2)([C@@H](O[Si](C)(C)C(C)(C)C)c2ccccc2C=O)CC1. The Hall–Kier alpha value is -1.53. The van der Waals surface area contributed by atoms with Gasteiger partial charge < -0.3 is 9.16 Å².